The van der Waals surface area contributed by atoms with Crippen LogP contribution in [-0.4, -0.2) is 20.6 Å². The molecule has 10 heavy (non-hydrogen) atoms. The van der Waals surface area contributed by atoms with Crippen molar-refractivity contribution in [1.82, 2.24) is 0 Å². The summed E-state index contributed by atoms with van der Waals surface area (Å²) in [4.78, 5) is 11.0. The Morgan fingerprint density at radius 3 is 2.00 bits per heavy atom. The minimum Gasteiger partial charge on any atom is -0.468 e. The quantitative estimate of drug-likeness (QED) is 0.542. The predicted molar refractivity (Wildman–Crippen MR) is 48.9 cm³/mol. The molecule has 0 N–H and O–H groups in total. The number of halogens is 3. The monoisotopic (exact) mass is 334 g/mol. The van der Waals surface area contributed by atoms with Crippen LogP contribution in [0, 0.1) is 0 Å². The molecule has 1 atom stereocenters. The molecule has 1 saturated carbocycles. The highest BCUT2D eigenvalue weighted by atomic mass is 79.9. The number of ether oxygens (including phenoxy) is 1. The first-order valence-electron chi connectivity index (χ1n) is 2.59. The molecule has 0 saturated heterocycles. The van der Waals surface area contributed by atoms with E-state index < -0.39 is 4.32 Å². The van der Waals surface area contributed by atoms with Crippen LogP contribution in [0.4, 0.5) is 0 Å². The lowest BCUT2D eigenvalue weighted by Gasteiger charge is -2.06. The minimum absolute atomic E-state index is 0.249. The number of rotatable bonds is 1. The Morgan fingerprint density at radius 1 is 1.50 bits per heavy atom. The van der Waals surface area contributed by atoms with Crippen molar-refractivity contribution in [2.45, 2.75) is 14.0 Å². The molecule has 1 aliphatic rings. The summed E-state index contributed by atoms with van der Waals surface area (Å²) >= 11 is 9.91. The standard InChI is InChI=1S/C5H5Br3O2/c1-10-3(9)4(6)2-5(4,7)8/h2H2,1H3/t4-/m1/s1. The molecular weight excluding hydrogens is 332 g/mol. The van der Waals surface area contributed by atoms with Gasteiger partial charge in [0.25, 0.3) is 0 Å². The van der Waals surface area contributed by atoms with Crippen molar-refractivity contribution < 1.29 is 9.53 Å². The van der Waals surface area contributed by atoms with Crippen LogP contribution in [0.2, 0.25) is 0 Å². The number of hydrogen-bond acceptors (Lipinski definition) is 2. The minimum atomic E-state index is -0.561. The van der Waals surface area contributed by atoms with Crippen LogP contribution in [-0.2, 0) is 9.53 Å². The number of carbonyl (C=O) groups is 1. The van der Waals surface area contributed by atoms with Crippen molar-refractivity contribution in [3.63, 3.8) is 0 Å². The Kier molecular flexibility index (Phi) is 2.21. The summed E-state index contributed by atoms with van der Waals surface area (Å²) in [5.74, 6) is -0.249. The van der Waals surface area contributed by atoms with Gasteiger partial charge in [0.2, 0.25) is 0 Å². The molecule has 0 aliphatic heterocycles. The largest absolute Gasteiger partial charge is 0.468 e. The summed E-state index contributed by atoms with van der Waals surface area (Å²) in [7, 11) is 1.37. The van der Waals surface area contributed by atoms with Crippen LogP contribution in [0.3, 0.4) is 0 Å². The topological polar surface area (TPSA) is 26.3 Å². The van der Waals surface area contributed by atoms with Crippen LogP contribution >= 0.6 is 47.8 Å². The van der Waals surface area contributed by atoms with Crippen LogP contribution in [0.25, 0.3) is 0 Å². The zero-order valence-electron chi connectivity index (χ0n) is 5.16. The summed E-state index contributed by atoms with van der Waals surface area (Å²) in [5.41, 5.74) is 0. The molecule has 5 heteroatoms. The molecule has 0 unspecified atom stereocenters. The number of alkyl halides is 3. The molecule has 0 aromatic heterocycles. The van der Waals surface area contributed by atoms with Crippen LogP contribution < -0.4 is 0 Å². The lowest BCUT2D eigenvalue weighted by molar-refractivity contribution is -0.140. The van der Waals surface area contributed by atoms with E-state index in [0.717, 1.165) is 0 Å². The molecule has 58 valence electrons. The fourth-order valence-corrected chi connectivity index (χ4v) is 3.14. The van der Waals surface area contributed by atoms with Gasteiger partial charge in [-0.25, -0.2) is 0 Å². The van der Waals surface area contributed by atoms with Gasteiger partial charge < -0.3 is 4.74 Å². The van der Waals surface area contributed by atoms with E-state index in [4.69, 9.17) is 0 Å². The van der Waals surface area contributed by atoms with Crippen LogP contribution in [0.1, 0.15) is 6.42 Å². The number of hydrogen-bond donors (Lipinski definition) is 0. The van der Waals surface area contributed by atoms with Gasteiger partial charge in [0, 0.05) is 6.42 Å². The zero-order valence-corrected chi connectivity index (χ0v) is 9.92. The van der Waals surface area contributed by atoms with E-state index in [0.29, 0.717) is 6.42 Å². The molecule has 2 nitrogen and oxygen atoms in total. The fourth-order valence-electron chi connectivity index (χ4n) is 0.645. The number of carbonyl (C=O) groups excluding carboxylic acids is 1. The second kappa shape index (κ2) is 2.45. The van der Waals surface area contributed by atoms with Crippen molar-refractivity contribution in [3.05, 3.63) is 0 Å². The van der Waals surface area contributed by atoms with Crippen molar-refractivity contribution in [2.75, 3.05) is 7.11 Å². The SMILES string of the molecule is COC(=O)[C@]1(Br)CC1(Br)Br. The summed E-state index contributed by atoms with van der Waals surface area (Å²) in [6, 6.07) is 0. The van der Waals surface area contributed by atoms with Crippen molar-refractivity contribution in [2.24, 2.45) is 0 Å². The summed E-state index contributed by atoms with van der Waals surface area (Å²) in [6.07, 6.45) is 0.701. The lowest BCUT2D eigenvalue weighted by atomic mass is 10.4. The molecule has 0 radical (unpaired) electrons. The Labute approximate surface area is 84.1 Å². The van der Waals surface area contributed by atoms with Gasteiger partial charge in [-0.3, -0.25) is 4.79 Å². The number of esters is 1. The van der Waals surface area contributed by atoms with Gasteiger partial charge in [-0.2, -0.15) is 0 Å². The first-order chi connectivity index (χ1) is 4.44. The van der Waals surface area contributed by atoms with E-state index in [1.165, 1.54) is 7.11 Å². The zero-order chi connectivity index (χ0) is 7.99. The maximum atomic E-state index is 11.0. The molecule has 0 spiro atoms. The Morgan fingerprint density at radius 2 is 1.90 bits per heavy atom. The highest BCUT2D eigenvalue weighted by Crippen LogP contribution is 2.65. The fraction of sp³-hybridized carbons (Fsp3) is 0.800. The smallest absolute Gasteiger partial charge is 0.325 e. The first-order valence-corrected chi connectivity index (χ1v) is 4.97. The van der Waals surface area contributed by atoms with Crippen molar-refractivity contribution in [1.29, 1.82) is 0 Å². The highest BCUT2D eigenvalue weighted by Gasteiger charge is 2.70. The van der Waals surface area contributed by atoms with E-state index >= 15 is 0 Å². The van der Waals surface area contributed by atoms with Crippen LogP contribution in [0.5, 0.6) is 0 Å². The van der Waals surface area contributed by atoms with Gasteiger partial charge in [0.1, 0.15) is 7.56 Å². The predicted octanol–water partition coefficient (Wildman–Crippen LogP) is 2.18. The van der Waals surface area contributed by atoms with E-state index in [2.05, 4.69) is 52.5 Å². The number of methoxy groups -OCH3 is 1. The second-order valence-corrected chi connectivity index (χ2v) is 7.30. The van der Waals surface area contributed by atoms with E-state index in [1.54, 1.807) is 0 Å². The molecule has 0 aromatic rings. The van der Waals surface area contributed by atoms with E-state index in [-0.39, 0.29) is 9.20 Å². The average Bonchev–Trinajstić information content (AvgIpc) is 2.32. The van der Waals surface area contributed by atoms with Gasteiger partial charge in [0.05, 0.1) is 7.11 Å². The first kappa shape index (κ1) is 9.00. The van der Waals surface area contributed by atoms with Gasteiger partial charge in [-0.05, 0) is 0 Å². The lowest BCUT2D eigenvalue weighted by Crippen LogP contribution is -2.22. The summed E-state index contributed by atoms with van der Waals surface area (Å²) in [6.45, 7) is 0. The Hall–Kier alpha value is 0.910. The van der Waals surface area contributed by atoms with Gasteiger partial charge >= 0.3 is 5.97 Å². The highest BCUT2D eigenvalue weighted by molar-refractivity contribution is 9.26. The molecule has 1 aliphatic carbocycles. The molecule has 0 bridgehead atoms. The molecule has 1 fully saturated rings. The summed E-state index contributed by atoms with van der Waals surface area (Å²) < 4.78 is 3.70. The van der Waals surface area contributed by atoms with Gasteiger partial charge in [-0.1, -0.05) is 47.8 Å². The summed E-state index contributed by atoms with van der Waals surface area (Å²) in [5, 5.41) is 0. The molecule has 0 amide bonds. The van der Waals surface area contributed by atoms with Crippen LogP contribution in [0.15, 0.2) is 0 Å². The van der Waals surface area contributed by atoms with Crippen molar-refractivity contribution >= 4 is 53.8 Å². The van der Waals surface area contributed by atoms with E-state index in [1.807, 2.05) is 0 Å². The van der Waals surface area contributed by atoms with E-state index in [9.17, 15) is 4.79 Å². The average molecular weight is 337 g/mol. The molecular formula is C5H5Br3O2. The third kappa shape index (κ3) is 1.16. The Balaban J connectivity index is 2.68. The maximum Gasteiger partial charge on any atom is 0.325 e. The van der Waals surface area contributed by atoms with Gasteiger partial charge in [0.15, 0.2) is 0 Å². The molecule has 1 rings (SSSR count). The molecule has 0 aromatic carbocycles. The van der Waals surface area contributed by atoms with Crippen molar-refractivity contribution in [3.8, 4) is 0 Å². The maximum absolute atomic E-state index is 11.0. The third-order valence-electron chi connectivity index (χ3n) is 1.43. The third-order valence-corrected chi connectivity index (χ3v) is 5.69. The second-order valence-electron chi connectivity index (χ2n) is 2.17. The Bertz CT molecular complexity index is 180. The molecule has 0 heterocycles. The van der Waals surface area contributed by atoms with Gasteiger partial charge in [-0.15, -0.1) is 0 Å². The normalized spacial score (nSPS) is 35.2.